The van der Waals surface area contributed by atoms with Gasteiger partial charge in [-0.2, -0.15) is 0 Å². The fraction of sp³-hybridized carbons (Fsp3) is 1.00. The quantitative estimate of drug-likeness (QED) is 0.727. The Labute approximate surface area is 99.9 Å². The van der Waals surface area contributed by atoms with E-state index in [4.69, 9.17) is 9.47 Å². The molecule has 3 atom stereocenters. The van der Waals surface area contributed by atoms with Gasteiger partial charge in [-0.1, -0.05) is 20.3 Å². The highest BCUT2D eigenvalue weighted by atomic mass is 16.5. The highest BCUT2D eigenvalue weighted by molar-refractivity contribution is 4.80. The lowest BCUT2D eigenvalue weighted by Crippen LogP contribution is -2.45. The van der Waals surface area contributed by atoms with Crippen molar-refractivity contribution in [3.8, 4) is 0 Å². The third-order valence-electron chi connectivity index (χ3n) is 3.30. The smallest absolute Gasteiger partial charge is 0.0615 e. The molecule has 1 heterocycles. The number of nitrogens with one attached hydrogen (secondary N) is 1. The number of hydrogen-bond donors (Lipinski definition) is 1. The van der Waals surface area contributed by atoms with Crippen LogP contribution >= 0.6 is 0 Å². The molecule has 0 spiro atoms. The van der Waals surface area contributed by atoms with E-state index in [2.05, 4.69) is 19.2 Å². The highest BCUT2D eigenvalue weighted by Crippen LogP contribution is 2.17. The fourth-order valence-corrected chi connectivity index (χ4v) is 2.41. The van der Waals surface area contributed by atoms with Crippen LogP contribution in [-0.2, 0) is 9.47 Å². The monoisotopic (exact) mass is 229 g/mol. The summed E-state index contributed by atoms with van der Waals surface area (Å²) in [4.78, 5) is 0. The molecule has 0 aromatic carbocycles. The Morgan fingerprint density at radius 3 is 2.88 bits per heavy atom. The minimum absolute atomic E-state index is 0.455. The Balaban J connectivity index is 2.31. The van der Waals surface area contributed by atoms with Gasteiger partial charge in [0, 0.05) is 25.8 Å². The molecule has 0 bridgehead atoms. The predicted octanol–water partition coefficient (Wildman–Crippen LogP) is 2.35. The second-order valence-corrected chi connectivity index (χ2v) is 4.73. The molecule has 16 heavy (non-hydrogen) atoms. The van der Waals surface area contributed by atoms with Crippen LogP contribution in [0.3, 0.4) is 0 Å². The summed E-state index contributed by atoms with van der Waals surface area (Å²) >= 11 is 0. The molecule has 96 valence electrons. The minimum atomic E-state index is 0.455. The van der Waals surface area contributed by atoms with Crippen molar-refractivity contribution >= 4 is 0 Å². The van der Waals surface area contributed by atoms with Crippen molar-refractivity contribution in [1.29, 1.82) is 0 Å². The molecule has 0 aromatic rings. The summed E-state index contributed by atoms with van der Waals surface area (Å²) in [5.41, 5.74) is 0. The zero-order chi connectivity index (χ0) is 11.8. The van der Waals surface area contributed by atoms with Crippen molar-refractivity contribution in [3.05, 3.63) is 0 Å². The molecule has 0 radical (unpaired) electrons. The number of rotatable bonds is 7. The van der Waals surface area contributed by atoms with Crippen LogP contribution in [0.15, 0.2) is 0 Å². The van der Waals surface area contributed by atoms with Gasteiger partial charge in [0.2, 0.25) is 0 Å². The maximum absolute atomic E-state index is 5.69. The van der Waals surface area contributed by atoms with E-state index >= 15 is 0 Å². The lowest BCUT2D eigenvalue weighted by molar-refractivity contribution is -0.00420. The lowest BCUT2D eigenvalue weighted by Gasteiger charge is -2.32. The maximum Gasteiger partial charge on any atom is 0.0615 e. The molecule has 3 nitrogen and oxygen atoms in total. The molecule has 3 unspecified atom stereocenters. The third kappa shape index (κ3) is 4.81. The van der Waals surface area contributed by atoms with E-state index in [1.54, 1.807) is 7.11 Å². The predicted molar refractivity (Wildman–Crippen MR) is 66.8 cm³/mol. The molecule has 1 N–H and O–H groups in total. The van der Waals surface area contributed by atoms with Crippen LogP contribution in [0.1, 0.15) is 46.0 Å². The fourth-order valence-electron chi connectivity index (χ4n) is 2.41. The summed E-state index contributed by atoms with van der Waals surface area (Å²) in [7, 11) is 1.78. The van der Waals surface area contributed by atoms with Crippen molar-refractivity contribution in [2.75, 3.05) is 20.3 Å². The topological polar surface area (TPSA) is 30.5 Å². The van der Waals surface area contributed by atoms with Gasteiger partial charge < -0.3 is 14.8 Å². The van der Waals surface area contributed by atoms with Crippen LogP contribution in [0.5, 0.6) is 0 Å². The molecule has 3 heteroatoms. The normalized spacial score (nSPS) is 27.9. The first-order valence-corrected chi connectivity index (χ1v) is 6.66. The van der Waals surface area contributed by atoms with Gasteiger partial charge in [0.1, 0.15) is 0 Å². The second kappa shape index (κ2) is 8.04. The van der Waals surface area contributed by atoms with Crippen molar-refractivity contribution in [2.24, 2.45) is 0 Å². The van der Waals surface area contributed by atoms with Crippen molar-refractivity contribution in [3.63, 3.8) is 0 Å². The summed E-state index contributed by atoms with van der Waals surface area (Å²) < 4.78 is 10.9. The summed E-state index contributed by atoms with van der Waals surface area (Å²) in [5, 5.41) is 3.72. The molecule has 1 fully saturated rings. The summed E-state index contributed by atoms with van der Waals surface area (Å²) in [6, 6.07) is 1.13. The zero-order valence-corrected chi connectivity index (χ0v) is 11.0. The molecule has 1 rings (SSSR count). The first-order chi connectivity index (χ1) is 7.80. The SMILES string of the molecule is CCCC(COC)NC1CCOC(CC)C1. The van der Waals surface area contributed by atoms with Gasteiger partial charge in [-0.3, -0.25) is 0 Å². The molecule has 1 aliphatic rings. The lowest BCUT2D eigenvalue weighted by atomic mass is 10.00. The molecule has 0 saturated carbocycles. The van der Waals surface area contributed by atoms with E-state index in [0.717, 1.165) is 32.5 Å². The first-order valence-electron chi connectivity index (χ1n) is 6.66. The largest absolute Gasteiger partial charge is 0.383 e. The molecular weight excluding hydrogens is 202 g/mol. The van der Waals surface area contributed by atoms with Gasteiger partial charge in [0.25, 0.3) is 0 Å². The van der Waals surface area contributed by atoms with E-state index in [0.29, 0.717) is 18.2 Å². The van der Waals surface area contributed by atoms with Gasteiger partial charge in [0.05, 0.1) is 12.7 Å². The summed E-state index contributed by atoms with van der Waals surface area (Å²) in [5.74, 6) is 0. The van der Waals surface area contributed by atoms with Crippen molar-refractivity contribution < 1.29 is 9.47 Å². The van der Waals surface area contributed by atoms with E-state index in [-0.39, 0.29) is 0 Å². The van der Waals surface area contributed by atoms with Gasteiger partial charge >= 0.3 is 0 Å². The minimum Gasteiger partial charge on any atom is -0.383 e. The number of hydrogen-bond acceptors (Lipinski definition) is 3. The van der Waals surface area contributed by atoms with Crippen LogP contribution < -0.4 is 5.32 Å². The van der Waals surface area contributed by atoms with Crippen molar-refractivity contribution in [2.45, 2.75) is 64.1 Å². The second-order valence-electron chi connectivity index (χ2n) is 4.73. The van der Waals surface area contributed by atoms with Crippen LogP contribution in [0.25, 0.3) is 0 Å². The molecule has 0 amide bonds. The molecular formula is C13H27NO2. The van der Waals surface area contributed by atoms with Gasteiger partial charge in [-0.05, 0) is 25.7 Å². The standard InChI is InChI=1S/C13H27NO2/c1-4-6-12(10-15-3)14-11-7-8-16-13(5-2)9-11/h11-14H,4-10H2,1-3H3. The average molecular weight is 229 g/mol. The number of ether oxygens (including phenoxy) is 2. The number of methoxy groups -OCH3 is 1. The Morgan fingerprint density at radius 1 is 1.44 bits per heavy atom. The summed E-state index contributed by atoms with van der Waals surface area (Å²) in [6.45, 7) is 6.15. The third-order valence-corrected chi connectivity index (χ3v) is 3.30. The van der Waals surface area contributed by atoms with E-state index in [1.807, 2.05) is 0 Å². The zero-order valence-electron chi connectivity index (χ0n) is 11.0. The van der Waals surface area contributed by atoms with Crippen LogP contribution in [0.2, 0.25) is 0 Å². The van der Waals surface area contributed by atoms with Crippen LogP contribution in [0.4, 0.5) is 0 Å². The molecule has 1 aliphatic heterocycles. The van der Waals surface area contributed by atoms with Crippen molar-refractivity contribution in [1.82, 2.24) is 5.32 Å². The molecule has 0 aliphatic carbocycles. The van der Waals surface area contributed by atoms with Gasteiger partial charge in [-0.15, -0.1) is 0 Å². The van der Waals surface area contributed by atoms with Crippen LogP contribution in [-0.4, -0.2) is 38.5 Å². The van der Waals surface area contributed by atoms with E-state index in [9.17, 15) is 0 Å². The van der Waals surface area contributed by atoms with Gasteiger partial charge in [0.15, 0.2) is 0 Å². The van der Waals surface area contributed by atoms with E-state index < -0.39 is 0 Å². The Morgan fingerprint density at radius 2 is 2.25 bits per heavy atom. The van der Waals surface area contributed by atoms with Crippen LogP contribution in [0, 0.1) is 0 Å². The Hall–Kier alpha value is -0.120. The average Bonchev–Trinajstić information content (AvgIpc) is 2.30. The molecule has 1 saturated heterocycles. The maximum atomic E-state index is 5.69. The summed E-state index contributed by atoms with van der Waals surface area (Å²) in [6.07, 6.45) is 6.28. The van der Waals surface area contributed by atoms with Gasteiger partial charge in [-0.25, -0.2) is 0 Å². The molecule has 0 aromatic heterocycles. The Kier molecular flexibility index (Phi) is 7.01. The highest BCUT2D eigenvalue weighted by Gasteiger charge is 2.23. The Bertz CT molecular complexity index is 169. The first kappa shape index (κ1) is 13.9. The van der Waals surface area contributed by atoms with E-state index in [1.165, 1.54) is 12.8 Å².